The van der Waals surface area contributed by atoms with Crippen LogP contribution in [0.5, 0.6) is 0 Å². The van der Waals surface area contributed by atoms with Crippen LogP contribution in [0.2, 0.25) is 0 Å². The molecule has 2 aromatic rings. The Morgan fingerprint density at radius 1 is 0.731 bits per heavy atom. The largest absolute Gasteiger partial charge is 0.367 e. The van der Waals surface area contributed by atoms with Crippen molar-refractivity contribution < 1.29 is 8.42 Å². The van der Waals surface area contributed by atoms with Gasteiger partial charge in [-0.2, -0.15) is 0 Å². The Labute approximate surface area is 155 Å². The summed E-state index contributed by atoms with van der Waals surface area (Å²) in [6.45, 7) is 5.55. The highest BCUT2D eigenvalue weighted by Crippen LogP contribution is 2.36. The Hall–Kier alpha value is -2.05. The fourth-order valence-corrected chi connectivity index (χ4v) is 5.36. The normalized spacial score (nSPS) is 18.2. The lowest BCUT2D eigenvalue weighted by Crippen LogP contribution is -2.46. The average molecular weight is 372 g/mol. The van der Waals surface area contributed by atoms with E-state index in [1.165, 1.54) is 25.9 Å². The SMILES string of the molecule is O=S(=O)(c1ccccc1)N1CCN(CCN2CCCC2)c2ccccc21. The first-order valence-electron chi connectivity index (χ1n) is 9.30. The summed E-state index contributed by atoms with van der Waals surface area (Å²) in [6.07, 6.45) is 2.58. The minimum Gasteiger partial charge on any atom is -0.367 e. The van der Waals surface area contributed by atoms with Crippen molar-refractivity contribution in [1.29, 1.82) is 0 Å². The smallest absolute Gasteiger partial charge is 0.264 e. The number of anilines is 2. The third-order valence-electron chi connectivity index (χ3n) is 5.28. The van der Waals surface area contributed by atoms with Crippen molar-refractivity contribution in [2.75, 3.05) is 48.5 Å². The topological polar surface area (TPSA) is 43.9 Å². The van der Waals surface area contributed by atoms with Crippen molar-refractivity contribution in [3.05, 3.63) is 54.6 Å². The Balaban J connectivity index is 1.59. The summed E-state index contributed by atoms with van der Waals surface area (Å²) in [5.41, 5.74) is 1.79. The van der Waals surface area contributed by atoms with E-state index >= 15 is 0 Å². The predicted molar refractivity (Wildman–Crippen MR) is 105 cm³/mol. The van der Waals surface area contributed by atoms with Crippen molar-refractivity contribution >= 4 is 21.4 Å². The number of benzene rings is 2. The average Bonchev–Trinajstić information content (AvgIpc) is 3.20. The van der Waals surface area contributed by atoms with Gasteiger partial charge >= 0.3 is 0 Å². The van der Waals surface area contributed by atoms with Gasteiger partial charge in [0.1, 0.15) is 0 Å². The summed E-state index contributed by atoms with van der Waals surface area (Å²) in [5.74, 6) is 0. The zero-order valence-electron chi connectivity index (χ0n) is 14.9. The molecule has 0 aromatic heterocycles. The maximum absolute atomic E-state index is 13.1. The molecule has 26 heavy (non-hydrogen) atoms. The van der Waals surface area contributed by atoms with E-state index in [2.05, 4.69) is 9.80 Å². The first kappa shape index (κ1) is 17.4. The van der Waals surface area contributed by atoms with E-state index in [-0.39, 0.29) is 0 Å². The molecule has 6 heteroatoms. The van der Waals surface area contributed by atoms with E-state index in [4.69, 9.17) is 0 Å². The minimum atomic E-state index is -3.53. The fourth-order valence-electron chi connectivity index (χ4n) is 3.86. The maximum Gasteiger partial charge on any atom is 0.264 e. The maximum atomic E-state index is 13.1. The second-order valence-corrected chi connectivity index (χ2v) is 8.78. The van der Waals surface area contributed by atoms with Gasteiger partial charge in [0.2, 0.25) is 0 Å². The van der Waals surface area contributed by atoms with Crippen LogP contribution in [0.15, 0.2) is 59.5 Å². The van der Waals surface area contributed by atoms with Crippen molar-refractivity contribution in [1.82, 2.24) is 4.90 Å². The summed E-state index contributed by atoms with van der Waals surface area (Å²) in [6, 6.07) is 16.6. The number of nitrogens with zero attached hydrogens (tertiary/aromatic N) is 3. The van der Waals surface area contributed by atoms with E-state index in [9.17, 15) is 8.42 Å². The third kappa shape index (κ3) is 3.31. The summed E-state index contributed by atoms with van der Waals surface area (Å²) < 4.78 is 27.8. The summed E-state index contributed by atoms with van der Waals surface area (Å²) in [5, 5.41) is 0. The Bertz CT molecular complexity index is 848. The number of para-hydroxylation sites is 2. The molecule has 2 aromatic carbocycles. The number of sulfonamides is 1. The third-order valence-corrected chi connectivity index (χ3v) is 7.11. The van der Waals surface area contributed by atoms with Crippen molar-refractivity contribution in [3.8, 4) is 0 Å². The van der Waals surface area contributed by atoms with Crippen LogP contribution in [0, 0.1) is 0 Å². The number of hydrogen-bond acceptors (Lipinski definition) is 4. The monoisotopic (exact) mass is 371 g/mol. The lowest BCUT2D eigenvalue weighted by Gasteiger charge is -2.38. The molecule has 2 aliphatic heterocycles. The summed E-state index contributed by atoms with van der Waals surface area (Å²) in [7, 11) is -3.53. The van der Waals surface area contributed by atoms with Crippen LogP contribution >= 0.6 is 0 Å². The highest BCUT2D eigenvalue weighted by atomic mass is 32.2. The molecule has 0 amide bonds. The molecule has 4 rings (SSSR count). The quantitative estimate of drug-likeness (QED) is 0.811. The van der Waals surface area contributed by atoms with Crippen LogP contribution in [-0.2, 0) is 10.0 Å². The molecule has 138 valence electrons. The summed E-state index contributed by atoms with van der Waals surface area (Å²) >= 11 is 0. The molecule has 5 nitrogen and oxygen atoms in total. The first-order valence-corrected chi connectivity index (χ1v) is 10.7. The minimum absolute atomic E-state index is 0.348. The molecule has 0 atom stereocenters. The van der Waals surface area contributed by atoms with Gasteiger partial charge in [-0.15, -0.1) is 0 Å². The van der Waals surface area contributed by atoms with Crippen LogP contribution in [-0.4, -0.2) is 52.6 Å². The van der Waals surface area contributed by atoms with Crippen LogP contribution in [0.25, 0.3) is 0 Å². The number of hydrogen-bond donors (Lipinski definition) is 0. The van der Waals surface area contributed by atoms with Gasteiger partial charge in [-0.1, -0.05) is 30.3 Å². The molecular formula is C20H25N3O2S. The molecule has 0 bridgehead atoms. The van der Waals surface area contributed by atoms with Gasteiger partial charge in [0.25, 0.3) is 10.0 Å². The van der Waals surface area contributed by atoms with E-state index in [0.717, 1.165) is 31.0 Å². The zero-order valence-corrected chi connectivity index (χ0v) is 15.7. The van der Waals surface area contributed by atoms with Crippen LogP contribution in [0.3, 0.4) is 0 Å². The molecular weight excluding hydrogens is 346 g/mol. The van der Waals surface area contributed by atoms with Crippen LogP contribution in [0.1, 0.15) is 12.8 Å². The Kier molecular flexibility index (Phi) is 4.87. The molecule has 0 aliphatic carbocycles. The molecule has 1 saturated heterocycles. The zero-order chi connectivity index (χ0) is 18.0. The van der Waals surface area contributed by atoms with Gasteiger partial charge in [-0.25, -0.2) is 8.42 Å². The molecule has 1 fully saturated rings. The van der Waals surface area contributed by atoms with Crippen LogP contribution in [0.4, 0.5) is 11.4 Å². The highest BCUT2D eigenvalue weighted by Gasteiger charge is 2.31. The van der Waals surface area contributed by atoms with Gasteiger partial charge in [0.05, 0.1) is 22.8 Å². The first-order chi connectivity index (χ1) is 12.7. The van der Waals surface area contributed by atoms with Gasteiger partial charge in [-0.3, -0.25) is 4.31 Å². The highest BCUT2D eigenvalue weighted by molar-refractivity contribution is 7.92. The Morgan fingerprint density at radius 3 is 2.12 bits per heavy atom. The molecule has 0 spiro atoms. The standard InChI is InChI=1S/C20H25N3O2S/c24-26(25,18-8-2-1-3-9-18)23-17-16-22(15-14-21-12-6-7-13-21)19-10-4-5-11-20(19)23/h1-5,8-11H,6-7,12-17H2. The number of fused-ring (bicyclic) bond motifs is 1. The lowest BCUT2D eigenvalue weighted by molar-refractivity contribution is 0.344. The van der Waals surface area contributed by atoms with Crippen molar-refractivity contribution in [2.24, 2.45) is 0 Å². The van der Waals surface area contributed by atoms with Gasteiger partial charge in [-0.05, 0) is 50.2 Å². The second-order valence-electron chi connectivity index (χ2n) is 6.91. The summed E-state index contributed by atoms with van der Waals surface area (Å²) in [4.78, 5) is 5.17. The fraction of sp³-hybridized carbons (Fsp3) is 0.400. The lowest BCUT2D eigenvalue weighted by atomic mass is 10.2. The van der Waals surface area contributed by atoms with Crippen molar-refractivity contribution in [3.63, 3.8) is 0 Å². The number of rotatable bonds is 5. The van der Waals surface area contributed by atoms with E-state index < -0.39 is 10.0 Å². The predicted octanol–water partition coefficient (Wildman–Crippen LogP) is 2.80. The van der Waals surface area contributed by atoms with Gasteiger partial charge in [0, 0.05) is 19.6 Å². The molecule has 0 N–H and O–H groups in total. The van der Waals surface area contributed by atoms with E-state index in [0.29, 0.717) is 11.4 Å². The van der Waals surface area contributed by atoms with Crippen LogP contribution < -0.4 is 9.21 Å². The second kappa shape index (κ2) is 7.29. The van der Waals surface area contributed by atoms with E-state index in [1.807, 2.05) is 30.3 Å². The van der Waals surface area contributed by atoms with Gasteiger partial charge in [0.15, 0.2) is 0 Å². The Morgan fingerprint density at radius 2 is 1.38 bits per heavy atom. The van der Waals surface area contributed by atoms with Crippen molar-refractivity contribution in [2.45, 2.75) is 17.7 Å². The molecule has 2 heterocycles. The van der Waals surface area contributed by atoms with E-state index in [1.54, 1.807) is 28.6 Å². The molecule has 2 aliphatic rings. The van der Waals surface area contributed by atoms with Gasteiger partial charge < -0.3 is 9.80 Å². The molecule has 0 unspecified atom stereocenters. The number of likely N-dealkylation sites (tertiary alicyclic amines) is 1. The molecule has 0 radical (unpaired) electrons. The molecule has 0 saturated carbocycles.